The summed E-state index contributed by atoms with van der Waals surface area (Å²) in [6, 6.07) is 0.638. The van der Waals surface area contributed by atoms with Gasteiger partial charge in [0.25, 0.3) is 0 Å². The SMILES string of the molecule is C[C@@H]1CN(C(=O)[C@@H]2CC(=O)N(CCN(C)C)C2)C[C@@H](C)N1. The van der Waals surface area contributed by atoms with Crippen molar-refractivity contribution in [2.45, 2.75) is 32.4 Å². The number of carbonyl (C=O) groups is 2. The van der Waals surface area contributed by atoms with Gasteiger partial charge in [-0.15, -0.1) is 0 Å². The molecule has 120 valence electrons. The second-order valence-corrected chi connectivity index (χ2v) is 6.76. The van der Waals surface area contributed by atoms with Crippen molar-refractivity contribution in [3.63, 3.8) is 0 Å². The third kappa shape index (κ3) is 4.17. The summed E-state index contributed by atoms with van der Waals surface area (Å²) in [5.41, 5.74) is 0. The maximum absolute atomic E-state index is 12.6. The summed E-state index contributed by atoms with van der Waals surface area (Å²) in [6.07, 6.45) is 0.374. The van der Waals surface area contributed by atoms with E-state index in [1.165, 1.54) is 0 Å². The standard InChI is InChI=1S/C15H28N4O2/c1-11-8-19(9-12(2)16-11)15(21)13-7-14(20)18(10-13)6-5-17(3)4/h11-13,16H,5-10H2,1-4H3/t11-,12-,13-/m1/s1. The van der Waals surface area contributed by atoms with Crippen LogP contribution in [0.3, 0.4) is 0 Å². The molecule has 0 aromatic rings. The summed E-state index contributed by atoms with van der Waals surface area (Å²) in [7, 11) is 3.99. The largest absolute Gasteiger partial charge is 0.341 e. The number of likely N-dealkylation sites (tertiary alicyclic amines) is 1. The van der Waals surface area contributed by atoms with Crippen LogP contribution >= 0.6 is 0 Å². The van der Waals surface area contributed by atoms with Gasteiger partial charge in [-0.1, -0.05) is 0 Å². The van der Waals surface area contributed by atoms with Crippen molar-refractivity contribution in [3.05, 3.63) is 0 Å². The molecule has 6 nitrogen and oxygen atoms in total. The van der Waals surface area contributed by atoms with Gasteiger partial charge in [0.15, 0.2) is 0 Å². The molecule has 3 atom stereocenters. The molecule has 0 spiro atoms. The predicted molar refractivity (Wildman–Crippen MR) is 81.9 cm³/mol. The predicted octanol–water partition coefficient (Wildman–Crippen LogP) is -0.395. The number of rotatable bonds is 4. The van der Waals surface area contributed by atoms with Crippen LogP contribution in [0.4, 0.5) is 0 Å². The fraction of sp³-hybridized carbons (Fsp3) is 0.867. The van der Waals surface area contributed by atoms with Gasteiger partial charge >= 0.3 is 0 Å². The molecule has 0 bridgehead atoms. The zero-order chi connectivity index (χ0) is 15.6. The number of nitrogens with one attached hydrogen (secondary N) is 1. The van der Waals surface area contributed by atoms with Crippen molar-refractivity contribution < 1.29 is 9.59 Å². The van der Waals surface area contributed by atoms with Gasteiger partial charge in [-0.05, 0) is 27.9 Å². The third-order valence-corrected chi connectivity index (χ3v) is 4.25. The lowest BCUT2D eigenvalue weighted by molar-refractivity contribution is -0.137. The van der Waals surface area contributed by atoms with Gasteiger partial charge in [0.05, 0.1) is 5.92 Å². The van der Waals surface area contributed by atoms with Crippen LogP contribution in [0.15, 0.2) is 0 Å². The quantitative estimate of drug-likeness (QED) is 0.767. The number of piperazine rings is 1. The Balaban J connectivity index is 1.90. The van der Waals surface area contributed by atoms with E-state index in [0.717, 1.165) is 19.6 Å². The van der Waals surface area contributed by atoms with Crippen LogP contribution in [0.2, 0.25) is 0 Å². The topological polar surface area (TPSA) is 55.9 Å². The first-order valence-electron chi connectivity index (χ1n) is 7.84. The number of likely N-dealkylation sites (N-methyl/N-ethyl adjacent to an activating group) is 1. The van der Waals surface area contributed by atoms with E-state index in [9.17, 15) is 9.59 Å². The van der Waals surface area contributed by atoms with Crippen molar-refractivity contribution in [2.24, 2.45) is 5.92 Å². The number of amides is 2. The van der Waals surface area contributed by atoms with E-state index in [4.69, 9.17) is 0 Å². The van der Waals surface area contributed by atoms with Crippen LogP contribution in [0, 0.1) is 5.92 Å². The molecule has 6 heteroatoms. The zero-order valence-electron chi connectivity index (χ0n) is 13.6. The summed E-state index contributed by atoms with van der Waals surface area (Å²) in [4.78, 5) is 30.5. The van der Waals surface area contributed by atoms with Crippen LogP contribution in [-0.2, 0) is 9.59 Å². The molecule has 0 radical (unpaired) electrons. The Morgan fingerprint density at radius 2 is 1.86 bits per heavy atom. The summed E-state index contributed by atoms with van der Waals surface area (Å²) in [5.74, 6) is 0.111. The molecule has 0 aliphatic carbocycles. The Morgan fingerprint density at radius 3 is 2.43 bits per heavy atom. The first-order chi connectivity index (χ1) is 9.86. The molecular formula is C15H28N4O2. The van der Waals surface area contributed by atoms with Gasteiger partial charge in [0.2, 0.25) is 11.8 Å². The van der Waals surface area contributed by atoms with Crippen LogP contribution < -0.4 is 5.32 Å². The van der Waals surface area contributed by atoms with E-state index in [-0.39, 0.29) is 17.7 Å². The van der Waals surface area contributed by atoms with Crippen molar-refractivity contribution in [1.29, 1.82) is 0 Å². The molecule has 2 amide bonds. The zero-order valence-corrected chi connectivity index (χ0v) is 13.6. The van der Waals surface area contributed by atoms with Crippen LogP contribution in [0.1, 0.15) is 20.3 Å². The Bertz CT molecular complexity index is 389. The van der Waals surface area contributed by atoms with E-state index >= 15 is 0 Å². The highest BCUT2D eigenvalue weighted by molar-refractivity contribution is 5.89. The van der Waals surface area contributed by atoms with Gasteiger partial charge in [-0.25, -0.2) is 0 Å². The van der Waals surface area contributed by atoms with Crippen LogP contribution in [0.5, 0.6) is 0 Å². The summed E-state index contributed by atoms with van der Waals surface area (Å²) in [6.45, 7) is 7.81. The van der Waals surface area contributed by atoms with E-state index < -0.39 is 0 Å². The maximum atomic E-state index is 12.6. The minimum Gasteiger partial charge on any atom is -0.341 e. The van der Waals surface area contributed by atoms with E-state index in [0.29, 0.717) is 31.6 Å². The van der Waals surface area contributed by atoms with Gasteiger partial charge < -0.3 is 20.0 Å². The molecule has 2 aliphatic heterocycles. The lowest BCUT2D eigenvalue weighted by Crippen LogP contribution is -2.57. The molecular weight excluding hydrogens is 268 g/mol. The lowest BCUT2D eigenvalue weighted by atomic mass is 10.0. The van der Waals surface area contributed by atoms with E-state index in [1.54, 1.807) is 0 Å². The molecule has 2 saturated heterocycles. The summed E-state index contributed by atoms with van der Waals surface area (Å²) in [5, 5.41) is 3.43. The Morgan fingerprint density at radius 1 is 1.24 bits per heavy atom. The monoisotopic (exact) mass is 296 g/mol. The first-order valence-corrected chi connectivity index (χ1v) is 7.84. The highest BCUT2D eigenvalue weighted by atomic mass is 16.2. The molecule has 21 heavy (non-hydrogen) atoms. The van der Waals surface area contributed by atoms with Gasteiger partial charge in [0.1, 0.15) is 0 Å². The number of hydrogen-bond acceptors (Lipinski definition) is 4. The number of carbonyl (C=O) groups excluding carboxylic acids is 2. The average molecular weight is 296 g/mol. The lowest BCUT2D eigenvalue weighted by Gasteiger charge is -2.37. The van der Waals surface area contributed by atoms with Gasteiger partial charge in [-0.2, -0.15) is 0 Å². The molecule has 0 unspecified atom stereocenters. The molecule has 2 rings (SSSR count). The smallest absolute Gasteiger partial charge is 0.228 e. The summed E-state index contributed by atoms with van der Waals surface area (Å²) >= 11 is 0. The molecule has 0 aromatic heterocycles. The third-order valence-electron chi connectivity index (χ3n) is 4.25. The Labute approximate surface area is 127 Å². The molecule has 2 aliphatic rings. The Kier molecular flexibility index (Phi) is 5.22. The highest BCUT2D eigenvalue weighted by Crippen LogP contribution is 2.21. The fourth-order valence-corrected chi connectivity index (χ4v) is 3.24. The molecule has 0 aromatic carbocycles. The molecule has 2 heterocycles. The molecule has 2 fully saturated rings. The maximum Gasteiger partial charge on any atom is 0.228 e. The fourth-order valence-electron chi connectivity index (χ4n) is 3.24. The van der Waals surface area contributed by atoms with Gasteiger partial charge in [-0.3, -0.25) is 9.59 Å². The number of hydrogen-bond donors (Lipinski definition) is 1. The average Bonchev–Trinajstić information content (AvgIpc) is 2.75. The van der Waals surface area contributed by atoms with Crippen molar-refractivity contribution >= 4 is 11.8 Å². The van der Waals surface area contributed by atoms with E-state index in [2.05, 4.69) is 24.1 Å². The van der Waals surface area contributed by atoms with Crippen LogP contribution in [-0.4, -0.2) is 85.4 Å². The van der Waals surface area contributed by atoms with Crippen LogP contribution in [0.25, 0.3) is 0 Å². The van der Waals surface area contributed by atoms with Crippen molar-refractivity contribution in [2.75, 3.05) is 46.8 Å². The van der Waals surface area contributed by atoms with Crippen molar-refractivity contribution in [3.8, 4) is 0 Å². The van der Waals surface area contributed by atoms with Crippen molar-refractivity contribution in [1.82, 2.24) is 20.0 Å². The highest BCUT2D eigenvalue weighted by Gasteiger charge is 2.37. The first kappa shape index (κ1) is 16.2. The van der Waals surface area contributed by atoms with E-state index in [1.807, 2.05) is 23.9 Å². The molecule has 0 saturated carbocycles. The Hall–Kier alpha value is -1.14. The summed E-state index contributed by atoms with van der Waals surface area (Å²) < 4.78 is 0. The second kappa shape index (κ2) is 6.75. The minimum atomic E-state index is -0.155. The normalized spacial score (nSPS) is 30.3. The molecule has 1 N–H and O–H groups in total. The minimum absolute atomic E-state index is 0.117. The number of nitrogens with zero attached hydrogens (tertiary/aromatic N) is 3. The van der Waals surface area contributed by atoms with Gasteiger partial charge in [0, 0.05) is 51.2 Å². The second-order valence-electron chi connectivity index (χ2n) is 6.76.